The van der Waals surface area contributed by atoms with Crippen LogP contribution < -0.4 is 0 Å². The van der Waals surface area contributed by atoms with Crippen molar-refractivity contribution in [3.8, 4) is 0 Å². The molecule has 0 radical (unpaired) electrons. The van der Waals surface area contributed by atoms with Crippen molar-refractivity contribution >= 4 is 39.5 Å². The average molecular weight is 1420 g/mol. The van der Waals surface area contributed by atoms with Crippen LogP contribution in [-0.2, 0) is 65.4 Å². The van der Waals surface area contributed by atoms with E-state index in [1.165, 1.54) is 64.2 Å². The summed E-state index contributed by atoms with van der Waals surface area (Å²) in [5.74, 6) is -2.20. The van der Waals surface area contributed by atoms with Crippen molar-refractivity contribution < 1.29 is 80.2 Å². The Labute approximate surface area is 595 Å². The summed E-state index contributed by atoms with van der Waals surface area (Å²) in [4.78, 5) is 72.8. The van der Waals surface area contributed by atoms with Crippen LogP contribution in [0.15, 0.2) is 97.2 Å². The number of esters is 4. The lowest BCUT2D eigenvalue weighted by atomic mass is 10.1. The zero-order valence-electron chi connectivity index (χ0n) is 61.7. The van der Waals surface area contributed by atoms with Crippen molar-refractivity contribution in [3.63, 3.8) is 0 Å². The number of carbonyl (C=O) groups is 4. The minimum Gasteiger partial charge on any atom is -0.462 e. The molecule has 0 amide bonds. The van der Waals surface area contributed by atoms with E-state index in [-0.39, 0.29) is 25.7 Å². The highest BCUT2D eigenvalue weighted by molar-refractivity contribution is 7.47. The Hall–Kier alpha value is -4.02. The van der Waals surface area contributed by atoms with Gasteiger partial charge in [0.1, 0.15) is 19.3 Å². The average Bonchev–Trinajstić information content (AvgIpc) is 0.992. The molecule has 0 aliphatic rings. The van der Waals surface area contributed by atoms with Gasteiger partial charge in [-0.2, -0.15) is 0 Å². The first-order valence-corrected chi connectivity index (χ1v) is 41.5. The molecule has 0 saturated heterocycles. The van der Waals surface area contributed by atoms with E-state index in [2.05, 4.69) is 125 Å². The van der Waals surface area contributed by atoms with E-state index in [4.69, 9.17) is 37.0 Å². The molecule has 0 spiro atoms. The van der Waals surface area contributed by atoms with E-state index in [0.29, 0.717) is 25.7 Å². The molecule has 0 aliphatic heterocycles. The Morgan fingerprint density at radius 3 is 0.837 bits per heavy atom. The SMILES string of the molecule is CC/C=C\C/C=C\C/C=C\C/C=C\CCCCCCCCC(=O)OCC(COP(=O)(O)OCC(O)COP(=O)(O)OCC(COC(=O)CCCCCCC/C=C\CCCCCC)OC(=O)CCCCCCCCCCCCC)OC(=O)CCCCCCC/C=C\C/C=C\C/C=C\CC. The van der Waals surface area contributed by atoms with Gasteiger partial charge >= 0.3 is 39.5 Å². The van der Waals surface area contributed by atoms with Crippen LogP contribution in [-0.4, -0.2) is 96.7 Å². The van der Waals surface area contributed by atoms with E-state index in [0.717, 1.165) is 180 Å². The van der Waals surface area contributed by atoms with Crippen LogP contribution in [0.3, 0.4) is 0 Å². The number of aliphatic hydroxyl groups excluding tert-OH is 1. The summed E-state index contributed by atoms with van der Waals surface area (Å²) in [7, 11) is -9.95. The summed E-state index contributed by atoms with van der Waals surface area (Å²) in [5, 5.41) is 10.6. The molecule has 0 heterocycles. The molecular weight excluding hydrogens is 1280 g/mol. The summed E-state index contributed by atoms with van der Waals surface area (Å²) >= 11 is 0. The minimum atomic E-state index is -4.98. The number of rotatable bonds is 72. The van der Waals surface area contributed by atoms with Crippen LogP contribution in [0.5, 0.6) is 0 Å². The van der Waals surface area contributed by atoms with Crippen molar-refractivity contribution in [1.29, 1.82) is 0 Å². The van der Waals surface area contributed by atoms with Gasteiger partial charge in [-0.1, -0.05) is 273 Å². The highest BCUT2D eigenvalue weighted by atomic mass is 31.2. The predicted octanol–water partition coefficient (Wildman–Crippen LogP) is 22.0. The fourth-order valence-electron chi connectivity index (χ4n) is 10.2. The van der Waals surface area contributed by atoms with Gasteiger partial charge < -0.3 is 33.8 Å². The summed E-state index contributed by atoms with van der Waals surface area (Å²) in [6.45, 7) is 4.61. The third kappa shape index (κ3) is 70.4. The second-order valence-corrected chi connectivity index (χ2v) is 28.4. The Balaban J connectivity index is 5.33. The third-order valence-corrected chi connectivity index (χ3v) is 17.9. The van der Waals surface area contributed by atoms with Gasteiger partial charge in [0.25, 0.3) is 0 Å². The van der Waals surface area contributed by atoms with E-state index >= 15 is 0 Å². The normalized spacial score (nSPS) is 14.5. The molecule has 0 aromatic heterocycles. The number of ether oxygens (including phenoxy) is 4. The van der Waals surface area contributed by atoms with Crippen LogP contribution in [0.4, 0.5) is 0 Å². The molecule has 0 saturated carbocycles. The molecule has 17 nitrogen and oxygen atoms in total. The molecule has 566 valence electrons. The quantitative estimate of drug-likeness (QED) is 0.0169. The molecular formula is C79H138O17P2. The molecule has 0 aromatic carbocycles. The maximum Gasteiger partial charge on any atom is 0.472 e. The van der Waals surface area contributed by atoms with E-state index < -0.39 is 97.5 Å². The van der Waals surface area contributed by atoms with E-state index in [1.807, 2.05) is 0 Å². The van der Waals surface area contributed by atoms with Crippen molar-refractivity contribution in [1.82, 2.24) is 0 Å². The highest BCUT2D eigenvalue weighted by Crippen LogP contribution is 2.45. The zero-order valence-corrected chi connectivity index (χ0v) is 63.5. The first-order valence-electron chi connectivity index (χ1n) is 38.5. The lowest BCUT2D eigenvalue weighted by molar-refractivity contribution is -0.161. The number of allylic oxidation sites excluding steroid dienone is 16. The van der Waals surface area contributed by atoms with Gasteiger partial charge in [-0.3, -0.25) is 37.3 Å². The van der Waals surface area contributed by atoms with Gasteiger partial charge in [-0.25, -0.2) is 9.13 Å². The van der Waals surface area contributed by atoms with Crippen LogP contribution in [0.2, 0.25) is 0 Å². The standard InChI is InChI=1S/C79H138O17P2/c1-5-9-13-17-21-25-29-32-34-35-36-37-39-41-45-48-52-56-60-64-77(82)90-70-75(96-79(84)66-62-58-54-50-46-42-38-33-30-26-22-18-14-10-6-2)72-94-98(87,88)92-68-73(80)67-91-97(85,86)93-71-74(95-78(83)65-61-57-53-49-43-28-24-20-16-12-8-4)69-89-76(81)63-59-55-51-47-44-40-31-27-23-19-15-11-7-3/h9-10,13-14,21-22,25-27,31-34,36-38,73-75,80H,5-8,11-12,15-20,23-24,28-30,35,39-72H2,1-4H3,(H,85,86)(H,87,88)/b13-9-,14-10-,25-21-,26-22-,31-27-,34-32-,37-36-,38-33-. The van der Waals surface area contributed by atoms with Crippen molar-refractivity contribution in [2.75, 3.05) is 39.6 Å². The highest BCUT2D eigenvalue weighted by Gasteiger charge is 2.30. The third-order valence-electron chi connectivity index (χ3n) is 16.0. The van der Waals surface area contributed by atoms with Gasteiger partial charge in [-0.15, -0.1) is 0 Å². The van der Waals surface area contributed by atoms with Gasteiger partial charge in [0.15, 0.2) is 12.2 Å². The smallest absolute Gasteiger partial charge is 0.462 e. The lowest BCUT2D eigenvalue weighted by Gasteiger charge is -2.21. The number of aliphatic hydroxyl groups is 1. The molecule has 5 atom stereocenters. The topological polar surface area (TPSA) is 237 Å². The Bertz CT molecular complexity index is 2240. The van der Waals surface area contributed by atoms with Crippen molar-refractivity contribution in [2.24, 2.45) is 0 Å². The first kappa shape index (κ1) is 94.0. The van der Waals surface area contributed by atoms with Gasteiger partial charge in [0, 0.05) is 25.7 Å². The number of hydrogen-bond acceptors (Lipinski definition) is 15. The van der Waals surface area contributed by atoms with Crippen molar-refractivity contribution in [2.45, 2.75) is 341 Å². The Kier molecular flexibility index (Phi) is 68.4. The van der Waals surface area contributed by atoms with Crippen LogP contribution in [0.25, 0.3) is 0 Å². The molecule has 0 rings (SSSR count). The van der Waals surface area contributed by atoms with E-state index in [9.17, 15) is 43.2 Å². The fraction of sp³-hybridized carbons (Fsp3) is 0.747. The maximum absolute atomic E-state index is 13.1. The fourth-order valence-corrected chi connectivity index (χ4v) is 11.8. The molecule has 3 N–H and O–H groups in total. The lowest BCUT2D eigenvalue weighted by Crippen LogP contribution is -2.30. The maximum atomic E-state index is 13.1. The molecule has 0 bridgehead atoms. The Morgan fingerprint density at radius 1 is 0.296 bits per heavy atom. The van der Waals surface area contributed by atoms with Crippen LogP contribution in [0.1, 0.15) is 323 Å². The second kappa shape index (κ2) is 71.4. The molecule has 0 aliphatic carbocycles. The van der Waals surface area contributed by atoms with Crippen LogP contribution in [0, 0.1) is 0 Å². The number of unbranched alkanes of at least 4 members (excludes halogenated alkanes) is 30. The summed E-state index contributed by atoms with van der Waals surface area (Å²) in [6.07, 6.45) is 74.0. The molecule has 5 unspecified atom stereocenters. The zero-order chi connectivity index (χ0) is 71.8. The monoisotopic (exact) mass is 1420 g/mol. The van der Waals surface area contributed by atoms with Crippen molar-refractivity contribution in [3.05, 3.63) is 97.2 Å². The number of phosphoric acid groups is 2. The second-order valence-electron chi connectivity index (χ2n) is 25.5. The number of carbonyl (C=O) groups excluding carboxylic acids is 4. The molecule has 0 fully saturated rings. The predicted molar refractivity (Wildman–Crippen MR) is 399 cm³/mol. The van der Waals surface area contributed by atoms with E-state index in [1.54, 1.807) is 0 Å². The first-order chi connectivity index (χ1) is 47.7. The summed E-state index contributed by atoms with van der Waals surface area (Å²) < 4.78 is 68.4. The number of phosphoric ester groups is 2. The summed E-state index contributed by atoms with van der Waals surface area (Å²) in [6, 6.07) is 0. The summed E-state index contributed by atoms with van der Waals surface area (Å²) in [5.41, 5.74) is 0. The van der Waals surface area contributed by atoms with Gasteiger partial charge in [-0.05, 0) is 122 Å². The largest absolute Gasteiger partial charge is 0.472 e. The van der Waals surface area contributed by atoms with Crippen LogP contribution >= 0.6 is 15.6 Å². The molecule has 98 heavy (non-hydrogen) atoms. The number of hydrogen-bond donors (Lipinski definition) is 3. The van der Waals surface area contributed by atoms with Gasteiger partial charge in [0.05, 0.1) is 26.4 Å². The minimum absolute atomic E-state index is 0.0719. The van der Waals surface area contributed by atoms with Gasteiger partial charge in [0.2, 0.25) is 0 Å². The molecule has 19 heteroatoms. The Morgan fingerprint density at radius 2 is 0.531 bits per heavy atom. The molecule has 0 aromatic rings.